The van der Waals surface area contributed by atoms with E-state index >= 15 is 0 Å². The number of imidazole rings is 1. The van der Waals surface area contributed by atoms with E-state index in [9.17, 15) is 14.4 Å². The summed E-state index contributed by atoms with van der Waals surface area (Å²) < 4.78 is 20.6. The summed E-state index contributed by atoms with van der Waals surface area (Å²) in [6.45, 7) is 18.0. The molecule has 14 rings (SSSR count). The number of H-pyrrole nitrogens is 1. The van der Waals surface area contributed by atoms with Gasteiger partial charge >= 0.3 is 6.03 Å². The third-order valence-corrected chi connectivity index (χ3v) is 17.3. The molecule has 4 fully saturated rings. The molecular formula is C56H59N15O6S2. The number of fused-ring (bicyclic) bond motifs is 4. The maximum Gasteiger partial charge on any atom is 0.329 e. The van der Waals surface area contributed by atoms with Crippen molar-refractivity contribution < 1.29 is 19.0 Å². The number of hydrogen-bond donors (Lipinski definition) is 1. The number of nitrogens with one attached hydrogen (secondary N) is 1. The molecule has 5 aliphatic heterocycles. The number of morpholine rings is 2. The lowest BCUT2D eigenvalue weighted by atomic mass is 10.0. The fourth-order valence-electron chi connectivity index (χ4n) is 11.0. The van der Waals surface area contributed by atoms with Crippen LogP contribution in [0.2, 0.25) is 0 Å². The quantitative estimate of drug-likeness (QED) is 0.150. The maximum absolute atomic E-state index is 12.6. The fourth-order valence-corrected chi connectivity index (χ4v) is 13.3. The molecule has 21 nitrogen and oxygen atoms in total. The lowest BCUT2D eigenvalue weighted by Gasteiger charge is -2.36. The van der Waals surface area contributed by atoms with E-state index < -0.39 is 10.9 Å². The molecule has 6 aromatic heterocycles. The molecule has 0 unspecified atom stereocenters. The van der Waals surface area contributed by atoms with Crippen LogP contribution >= 0.6 is 22.7 Å². The Hall–Kier alpha value is -7.54. The number of nitrogens with zero attached hydrogens (tertiary/aromatic N) is 14. The Morgan fingerprint density at radius 3 is 1.94 bits per heavy atom. The summed E-state index contributed by atoms with van der Waals surface area (Å²) in [5, 5.41) is 8.26. The van der Waals surface area contributed by atoms with Crippen molar-refractivity contribution in [3.63, 3.8) is 0 Å². The fraction of sp³-hybridized carbons (Fsp3) is 0.393. The summed E-state index contributed by atoms with van der Waals surface area (Å²) in [6.07, 6.45) is 8.51. The second-order valence-corrected chi connectivity index (χ2v) is 22.8. The average Bonchev–Trinajstić information content (AvgIpc) is 4.39. The highest BCUT2D eigenvalue weighted by molar-refractivity contribution is 7.20. The molecular weight excluding hydrogens is 1040 g/mol. The van der Waals surface area contributed by atoms with Gasteiger partial charge in [-0.2, -0.15) is 5.10 Å². The summed E-state index contributed by atoms with van der Waals surface area (Å²) in [4.78, 5) is 81.6. The SMILES string of the molecule is CC(C)Oc1c(N2CCN(Cc3cc4nc(-c5cccc6[nH]ncc56)nc(N5CCOCC5)c4s3)CC2)c(=O)c1=O.O=C(N1CCN(Cc2cc3nc(-c4cccc5c4C=NC5)nc(N4CCOCC4)c3s2)CC1)n1ccnc1. The van der Waals surface area contributed by atoms with E-state index in [1.165, 1.54) is 15.3 Å². The Balaban J connectivity index is 0.000000150. The summed E-state index contributed by atoms with van der Waals surface area (Å²) in [5.41, 5.74) is 6.70. The van der Waals surface area contributed by atoms with Gasteiger partial charge in [0.25, 0.3) is 10.9 Å². The second kappa shape index (κ2) is 21.9. The van der Waals surface area contributed by atoms with E-state index in [0.29, 0.717) is 70.7 Å². The third-order valence-electron chi connectivity index (χ3n) is 15.1. The number of amides is 1. The first kappa shape index (κ1) is 50.9. The molecule has 0 aliphatic carbocycles. The first-order chi connectivity index (χ1) is 38.7. The van der Waals surface area contributed by atoms with Gasteiger partial charge in [0.2, 0.25) is 0 Å². The van der Waals surface area contributed by atoms with Gasteiger partial charge in [-0.25, -0.2) is 29.7 Å². The first-order valence-corrected chi connectivity index (χ1v) is 28.6. The lowest BCUT2D eigenvalue weighted by molar-refractivity contribution is 0.122. The van der Waals surface area contributed by atoms with Crippen molar-refractivity contribution in [2.75, 3.05) is 120 Å². The smallest absolute Gasteiger partial charge is 0.329 e. The molecule has 0 atom stereocenters. The zero-order chi connectivity index (χ0) is 53.6. The molecule has 1 amide bonds. The minimum atomic E-state index is -0.512. The van der Waals surface area contributed by atoms with Crippen LogP contribution < -0.4 is 30.3 Å². The molecule has 0 saturated carbocycles. The number of carbonyl (C=O) groups excluding carboxylic acids is 1. The second-order valence-electron chi connectivity index (χ2n) is 20.6. The van der Waals surface area contributed by atoms with Gasteiger partial charge < -0.3 is 33.8 Å². The van der Waals surface area contributed by atoms with Gasteiger partial charge in [-0.05, 0) is 37.6 Å². The number of benzene rings is 2. The van der Waals surface area contributed by atoms with Crippen LogP contribution in [0.15, 0.2) is 88.0 Å². The Bertz CT molecular complexity index is 3780. The molecule has 79 heavy (non-hydrogen) atoms. The van der Waals surface area contributed by atoms with E-state index in [1.54, 1.807) is 46.0 Å². The third kappa shape index (κ3) is 10.3. The molecule has 0 spiro atoms. The maximum atomic E-state index is 12.6. The van der Waals surface area contributed by atoms with Gasteiger partial charge in [0.05, 0.1) is 71.2 Å². The van der Waals surface area contributed by atoms with Crippen molar-refractivity contribution in [3.8, 4) is 28.5 Å². The van der Waals surface area contributed by atoms with Gasteiger partial charge in [0, 0.05) is 142 Å². The molecule has 9 aromatic rings. The zero-order valence-corrected chi connectivity index (χ0v) is 45.7. The van der Waals surface area contributed by atoms with Crippen LogP contribution in [0.4, 0.5) is 22.1 Å². The van der Waals surface area contributed by atoms with Gasteiger partial charge in [-0.3, -0.25) is 34.0 Å². The largest absolute Gasteiger partial charge is 0.485 e. The molecule has 0 radical (unpaired) electrons. The van der Waals surface area contributed by atoms with E-state index in [-0.39, 0.29) is 17.9 Å². The summed E-state index contributed by atoms with van der Waals surface area (Å²) in [5.74, 6) is 3.61. The summed E-state index contributed by atoms with van der Waals surface area (Å²) >= 11 is 3.52. The van der Waals surface area contributed by atoms with E-state index in [2.05, 4.69) is 70.1 Å². The highest BCUT2D eigenvalue weighted by atomic mass is 32.1. The number of aromatic amines is 1. The van der Waals surface area contributed by atoms with Crippen LogP contribution in [0.3, 0.4) is 0 Å². The Morgan fingerprint density at radius 1 is 0.709 bits per heavy atom. The topological polar surface area (TPSA) is 209 Å². The van der Waals surface area contributed by atoms with Crippen LogP contribution in [-0.2, 0) is 29.1 Å². The number of thiophene rings is 2. The normalized spacial score (nSPS) is 17.4. The first-order valence-electron chi connectivity index (χ1n) is 27.0. The van der Waals surface area contributed by atoms with Gasteiger partial charge in [-0.1, -0.05) is 30.3 Å². The van der Waals surface area contributed by atoms with Gasteiger partial charge in [0.1, 0.15) is 12.0 Å². The predicted octanol–water partition coefficient (Wildman–Crippen LogP) is 5.89. The monoisotopic (exact) mass is 1100 g/mol. The minimum absolute atomic E-state index is 0.0144. The molecule has 406 valence electrons. The van der Waals surface area contributed by atoms with Crippen molar-refractivity contribution in [1.82, 2.24) is 54.4 Å². The highest BCUT2D eigenvalue weighted by Crippen LogP contribution is 2.39. The average molecular weight is 1100 g/mol. The predicted molar refractivity (Wildman–Crippen MR) is 307 cm³/mol. The van der Waals surface area contributed by atoms with Gasteiger partial charge in [0.15, 0.2) is 29.0 Å². The Kier molecular flexibility index (Phi) is 14.1. The molecule has 3 aromatic carbocycles. The Labute approximate surface area is 462 Å². The number of hydrogen-bond acceptors (Lipinski definition) is 20. The zero-order valence-electron chi connectivity index (χ0n) is 44.0. The van der Waals surface area contributed by atoms with E-state index in [0.717, 1.165) is 131 Å². The number of carbonyl (C=O) groups is 1. The summed E-state index contributed by atoms with van der Waals surface area (Å²) in [7, 11) is 0. The number of aromatic nitrogens is 8. The van der Waals surface area contributed by atoms with Crippen molar-refractivity contribution in [1.29, 1.82) is 0 Å². The number of anilines is 3. The molecule has 5 aliphatic rings. The van der Waals surface area contributed by atoms with E-state index in [4.69, 9.17) is 34.1 Å². The van der Waals surface area contributed by atoms with Crippen LogP contribution in [-0.4, -0.2) is 178 Å². The minimum Gasteiger partial charge on any atom is -0.485 e. The van der Waals surface area contributed by atoms with Crippen LogP contribution in [0, 0.1) is 0 Å². The van der Waals surface area contributed by atoms with Crippen LogP contribution in [0.25, 0.3) is 54.1 Å². The molecule has 1 N–H and O–H groups in total. The van der Waals surface area contributed by atoms with Crippen molar-refractivity contribution >= 4 is 83.6 Å². The van der Waals surface area contributed by atoms with Crippen molar-refractivity contribution in [3.05, 3.63) is 115 Å². The molecule has 23 heteroatoms. The lowest BCUT2D eigenvalue weighted by Crippen LogP contribution is -2.51. The number of rotatable bonds is 11. The standard InChI is InChI=1S/C29H31N7O4S.C27H28N8O2S/c1-17(2)40-26-23(24(37)25(26)38)35-8-6-34(7-9-35)16-18-14-22-27(41-18)29(36-10-12-39-13-11-36)32-28(31-22)19-4-3-5-21-20(19)15-30-33-21;36-27(35-5-4-28-18-35)34-8-6-32(7-9-34)17-20-14-23-24(38-20)26(33-10-12-37-13-11-33)31-25(30-23)21-3-1-2-19-15-29-16-22(19)21/h3-5,14-15,17H,6-13,16H2,1-2H3,(H,30,33);1-5,14,16,18H,6-13,15,17H2. The highest BCUT2D eigenvalue weighted by Gasteiger charge is 2.32. The van der Waals surface area contributed by atoms with Crippen molar-refractivity contribution in [2.24, 2.45) is 4.99 Å². The molecule has 0 bridgehead atoms. The van der Waals surface area contributed by atoms with Crippen molar-refractivity contribution in [2.45, 2.75) is 39.6 Å². The summed E-state index contributed by atoms with van der Waals surface area (Å²) in [6, 6.07) is 16.7. The van der Waals surface area contributed by atoms with Crippen LogP contribution in [0.5, 0.6) is 5.75 Å². The number of ether oxygens (including phenoxy) is 3. The molecule has 4 saturated heterocycles. The Morgan fingerprint density at radius 2 is 1.32 bits per heavy atom. The number of piperazine rings is 2. The number of aliphatic imine (C=N–C) groups is 1. The molecule has 11 heterocycles. The van der Waals surface area contributed by atoms with Gasteiger partial charge in [-0.15, -0.1) is 22.7 Å². The van der Waals surface area contributed by atoms with Crippen LogP contribution in [0.1, 0.15) is 34.7 Å². The van der Waals surface area contributed by atoms with E-state index in [1.807, 2.05) is 54.3 Å².